The van der Waals surface area contributed by atoms with E-state index in [4.69, 9.17) is 13.9 Å². The van der Waals surface area contributed by atoms with Gasteiger partial charge in [-0.1, -0.05) is 0 Å². The number of nitrogens with one attached hydrogen (secondary N) is 1. The monoisotopic (exact) mass is 199 g/mol. The molecule has 0 spiro atoms. The quantitative estimate of drug-likeness (QED) is 0.706. The van der Waals surface area contributed by atoms with Gasteiger partial charge in [0.2, 0.25) is 0 Å². The largest absolute Gasteiger partial charge is 0.459 e. The van der Waals surface area contributed by atoms with E-state index in [0.29, 0.717) is 0 Å². The van der Waals surface area contributed by atoms with Crippen molar-refractivity contribution in [3.8, 4) is 0 Å². The topological polar surface area (TPSA) is 60.7 Å². The number of hydrogen-bond donors (Lipinski definition) is 1. The molecule has 0 unspecified atom stereocenters. The van der Waals surface area contributed by atoms with Gasteiger partial charge in [0, 0.05) is 14.2 Å². The van der Waals surface area contributed by atoms with Crippen LogP contribution < -0.4 is 5.32 Å². The zero-order valence-corrected chi connectivity index (χ0v) is 8.15. The molecule has 0 fully saturated rings. The standard InChI is InChI=1S/C9H13NO4/c1-12-8(13-2)6-10-9(11)7-4-3-5-14-7/h3-5,8H,6H2,1-2H3,(H,10,11). The predicted molar refractivity (Wildman–Crippen MR) is 48.8 cm³/mol. The average Bonchev–Trinajstić information content (AvgIpc) is 2.72. The second kappa shape index (κ2) is 5.41. The minimum Gasteiger partial charge on any atom is -0.459 e. The highest BCUT2D eigenvalue weighted by molar-refractivity contribution is 5.91. The molecule has 5 heteroatoms. The highest BCUT2D eigenvalue weighted by Crippen LogP contribution is 1.99. The molecule has 14 heavy (non-hydrogen) atoms. The normalized spacial score (nSPS) is 10.5. The molecule has 1 aromatic heterocycles. The molecule has 1 heterocycles. The van der Waals surface area contributed by atoms with E-state index in [1.807, 2.05) is 0 Å². The van der Waals surface area contributed by atoms with Crippen LogP contribution in [0.15, 0.2) is 22.8 Å². The molecule has 1 amide bonds. The van der Waals surface area contributed by atoms with E-state index in [1.54, 1.807) is 12.1 Å². The number of ether oxygens (including phenoxy) is 2. The first-order valence-electron chi connectivity index (χ1n) is 4.15. The highest BCUT2D eigenvalue weighted by Gasteiger charge is 2.11. The number of methoxy groups -OCH3 is 2. The average molecular weight is 199 g/mol. The summed E-state index contributed by atoms with van der Waals surface area (Å²) >= 11 is 0. The van der Waals surface area contributed by atoms with Crippen molar-refractivity contribution < 1.29 is 18.7 Å². The lowest BCUT2D eigenvalue weighted by atomic mass is 10.4. The highest BCUT2D eigenvalue weighted by atomic mass is 16.7. The molecule has 0 saturated heterocycles. The van der Waals surface area contributed by atoms with Gasteiger partial charge in [0.05, 0.1) is 12.8 Å². The first-order valence-corrected chi connectivity index (χ1v) is 4.15. The van der Waals surface area contributed by atoms with E-state index in [9.17, 15) is 4.79 Å². The molecule has 0 atom stereocenters. The van der Waals surface area contributed by atoms with Crippen LogP contribution in [-0.4, -0.2) is 33.0 Å². The molecule has 0 aromatic carbocycles. The number of hydrogen-bond acceptors (Lipinski definition) is 4. The minimum absolute atomic E-state index is 0.274. The molecule has 1 N–H and O–H groups in total. The summed E-state index contributed by atoms with van der Waals surface area (Å²) in [5.74, 6) is -0.00921. The van der Waals surface area contributed by atoms with Gasteiger partial charge in [0.15, 0.2) is 12.1 Å². The van der Waals surface area contributed by atoms with Crippen molar-refractivity contribution in [1.29, 1.82) is 0 Å². The lowest BCUT2D eigenvalue weighted by Crippen LogP contribution is -2.33. The molecule has 0 radical (unpaired) electrons. The van der Waals surface area contributed by atoms with E-state index < -0.39 is 6.29 Å². The number of furan rings is 1. The van der Waals surface area contributed by atoms with Crippen molar-refractivity contribution >= 4 is 5.91 Å². The Morgan fingerprint density at radius 1 is 1.57 bits per heavy atom. The molecule has 0 bridgehead atoms. The van der Waals surface area contributed by atoms with Crippen LogP contribution in [0.25, 0.3) is 0 Å². The summed E-state index contributed by atoms with van der Waals surface area (Å²) in [5.41, 5.74) is 0. The van der Waals surface area contributed by atoms with Crippen LogP contribution in [-0.2, 0) is 9.47 Å². The molecule has 0 aliphatic rings. The van der Waals surface area contributed by atoms with E-state index in [1.165, 1.54) is 20.5 Å². The first kappa shape index (κ1) is 10.7. The Kier molecular flexibility index (Phi) is 4.15. The van der Waals surface area contributed by atoms with Gasteiger partial charge in [-0.2, -0.15) is 0 Å². The summed E-state index contributed by atoms with van der Waals surface area (Å²) in [7, 11) is 3.01. The third kappa shape index (κ3) is 2.86. The minimum atomic E-state index is -0.436. The summed E-state index contributed by atoms with van der Waals surface area (Å²) < 4.78 is 14.7. The fourth-order valence-corrected chi connectivity index (χ4v) is 0.934. The van der Waals surface area contributed by atoms with Gasteiger partial charge in [-0.05, 0) is 12.1 Å². The molecule has 0 aliphatic heterocycles. The van der Waals surface area contributed by atoms with Crippen LogP contribution in [0.3, 0.4) is 0 Å². The van der Waals surface area contributed by atoms with Crippen LogP contribution in [0, 0.1) is 0 Å². The SMILES string of the molecule is COC(CNC(=O)c1ccco1)OC. The maximum absolute atomic E-state index is 11.3. The second-order valence-corrected chi connectivity index (χ2v) is 2.59. The zero-order valence-electron chi connectivity index (χ0n) is 8.15. The maximum Gasteiger partial charge on any atom is 0.287 e. The smallest absolute Gasteiger partial charge is 0.287 e. The summed E-state index contributed by atoms with van der Waals surface area (Å²) in [5, 5.41) is 2.60. The molecular formula is C9H13NO4. The fourth-order valence-electron chi connectivity index (χ4n) is 0.934. The predicted octanol–water partition coefficient (Wildman–Crippen LogP) is 0.628. The molecular weight excluding hydrogens is 186 g/mol. The van der Waals surface area contributed by atoms with Crippen molar-refractivity contribution in [1.82, 2.24) is 5.32 Å². The molecule has 0 aliphatic carbocycles. The summed E-state index contributed by atoms with van der Waals surface area (Å²) in [6.07, 6.45) is 1.01. The fraction of sp³-hybridized carbons (Fsp3) is 0.444. The van der Waals surface area contributed by atoms with Crippen molar-refractivity contribution in [2.45, 2.75) is 6.29 Å². The van der Waals surface area contributed by atoms with Gasteiger partial charge in [-0.25, -0.2) is 0 Å². The Bertz CT molecular complexity index is 266. The number of rotatable bonds is 5. The van der Waals surface area contributed by atoms with E-state index in [0.717, 1.165) is 0 Å². The number of carbonyl (C=O) groups excluding carboxylic acids is 1. The maximum atomic E-state index is 11.3. The number of amides is 1. The van der Waals surface area contributed by atoms with Crippen LogP contribution >= 0.6 is 0 Å². The van der Waals surface area contributed by atoms with Crippen LogP contribution in [0.2, 0.25) is 0 Å². The van der Waals surface area contributed by atoms with Gasteiger partial charge in [0.1, 0.15) is 0 Å². The summed E-state index contributed by atoms with van der Waals surface area (Å²) in [6, 6.07) is 3.24. The Hall–Kier alpha value is -1.33. The Labute approximate surface area is 82.0 Å². The molecule has 78 valence electrons. The van der Waals surface area contributed by atoms with Crippen molar-refractivity contribution in [2.24, 2.45) is 0 Å². The van der Waals surface area contributed by atoms with E-state index in [-0.39, 0.29) is 18.2 Å². The van der Waals surface area contributed by atoms with Crippen molar-refractivity contribution in [3.63, 3.8) is 0 Å². The molecule has 5 nitrogen and oxygen atoms in total. The lowest BCUT2D eigenvalue weighted by molar-refractivity contribution is -0.0975. The van der Waals surface area contributed by atoms with Gasteiger partial charge < -0.3 is 19.2 Å². The van der Waals surface area contributed by atoms with Crippen LogP contribution in [0.5, 0.6) is 0 Å². The van der Waals surface area contributed by atoms with E-state index >= 15 is 0 Å². The third-order valence-corrected chi connectivity index (χ3v) is 1.70. The van der Waals surface area contributed by atoms with Gasteiger partial charge in [-0.3, -0.25) is 4.79 Å². The van der Waals surface area contributed by atoms with Crippen LogP contribution in [0.1, 0.15) is 10.6 Å². The Balaban J connectivity index is 2.35. The summed E-state index contributed by atoms with van der Waals surface area (Å²) in [4.78, 5) is 11.3. The van der Waals surface area contributed by atoms with Crippen molar-refractivity contribution in [2.75, 3.05) is 20.8 Å². The molecule has 1 aromatic rings. The second-order valence-electron chi connectivity index (χ2n) is 2.59. The summed E-state index contributed by atoms with van der Waals surface area (Å²) in [6.45, 7) is 0.284. The van der Waals surface area contributed by atoms with E-state index in [2.05, 4.69) is 5.32 Å². The van der Waals surface area contributed by atoms with Crippen molar-refractivity contribution in [3.05, 3.63) is 24.2 Å². The van der Waals surface area contributed by atoms with Gasteiger partial charge in [-0.15, -0.1) is 0 Å². The Morgan fingerprint density at radius 2 is 2.29 bits per heavy atom. The van der Waals surface area contributed by atoms with Gasteiger partial charge >= 0.3 is 0 Å². The van der Waals surface area contributed by atoms with Crippen LogP contribution in [0.4, 0.5) is 0 Å². The Morgan fingerprint density at radius 3 is 2.79 bits per heavy atom. The first-order chi connectivity index (χ1) is 6.77. The third-order valence-electron chi connectivity index (χ3n) is 1.70. The molecule has 0 saturated carbocycles. The molecule has 1 rings (SSSR count). The van der Waals surface area contributed by atoms with Gasteiger partial charge in [0.25, 0.3) is 5.91 Å². The zero-order chi connectivity index (χ0) is 10.4. The lowest BCUT2D eigenvalue weighted by Gasteiger charge is -2.13. The number of carbonyl (C=O) groups is 1.